The highest BCUT2D eigenvalue weighted by molar-refractivity contribution is 6.30. The van der Waals surface area contributed by atoms with Gasteiger partial charge in [0.05, 0.1) is 19.6 Å². The third-order valence-electron chi connectivity index (χ3n) is 4.15. The molecule has 1 amide bonds. The van der Waals surface area contributed by atoms with Crippen molar-refractivity contribution in [2.45, 2.75) is 6.54 Å². The first-order valence-electron chi connectivity index (χ1n) is 8.37. The predicted molar refractivity (Wildman–Crippen MR) is 98.3 cm³/mol. The first kappa shape index (κ1) is 18.4. The molecule has 1 aromatic heterocycles. The quantitative estimate of drug-likeness (QED) is 0.768. The molecular weight excluding hydrogens is 354 g/mol. The van der Waals surface area contributed by atoms with Gasteiger partial charge in [-0.05, 0) is 24.3 Å². The first-order chi connectivity index (χ1) is 12.6. The van der Waals surface area contributed by atoms with E-state index in [1.54, 1.807) is 12.1 Å². The summed E-state index contributed by atoms with van der Waals surface area (Å²) >= 11 is 5.89. The molecule has 0 spiro atoms. The fourth-order valence-electron chi connectivity index (χ4n) is 2.74. The van der Waals surface area contributed by atoms with Crippen molar-refractivity contribution in [1.82, 2.24) is 25.3 Å². The summed E-state index contributed by atoms with van der Waals surface area (Å²) in [5.41, 5.74) is 0.868. The number of amides is 1. The largest absolute Gasteiger partial charge is 0.344 e. The van der Waals surface area contributed by atoms with Gasteiger partial charge in [-0.1, -0.05) is 22.7 Å². The lowest BCUT2D eigenvalue weighted by Gasteiger charge is -2.33. The second-order valence-corrected chi connectivity index (χ2v) is 6.49. The Bertz CT molecular complexity index is 776. The zero-order valence-electron chi connectivity index (χ0n) is 14.3. The molecule has 136 valence electrons. The van der Waals surface area contributed by atoms with E-state index in [1.165, 1.54) is 0 Å². The van der Waals surface area contributed by atoms with E-state index in [2.05, 4.69) is 31.2 Å². The van der Waals surface area contributed by atoms with Gasteiger partial charge in [0.25, 0.3) is 0 Å². The van der Waals surface area contributed by atoms with Crippen molar-refractivity contribution < 1.29 is 9.32 Å². The number of hydrogen-bond donors (Lipinski definition) is 1. The number of terminal acetylenes is 1. The Morgan fingerprint density at radius 1 is 1.23 bits per heavy atom. The van der Waals surface area contributed by atoms with Crippen LogP contribution >= 0.6 is 11.6 Å². The molecule has 1 fully saturated rings. The van der Waals surface area contributed by atoms with Gasteiger partial charge in [0.2, 0.25) is 17.6 Å². The molecule has 1 N–H and O–H groups in total. The van der Waals surface area contributed by atoms with Crippen LogP contribution in [0.1, 0.15) is 5.89 Å². The van der Waals surface area contributed by atoms with Gasteiger partial charge in [-0.15, -0.1) is 6.42 Å². The minimum Gasteiger partial charge on any atom is -0.344 e. The van der Waals surface area contributed by atoms with E-state index in [0.29, 0.717) is 29.8 Å². The maximum Gasteiger partial charge on any atom is 0.241 e. The molecule has 0 radical (unpaired) electrons. The predicted octanol–water partition coefficient (Wildman–Crippen LogP) is 1.26. The molecule has 0 bridgehead atoms. The molecule has 3 rings (SSSR count). The van der Waals surface area contributed by atoms with Crippen molar-refractivity contribution in [3.8, 4) is 23.7 Å². The van der Waals surface area contributed by atoms with Crippen LogP contribution in [-0.2, 0) is 11.3 Å². The molecule has 1 saturated heterocycles. The summed E-state index contributed by atoms with van der Waals surface area (Å²) in [6.45, 7) is 4.52. The Hall–Kier alpha value is -2.40. The topological polar surface area (TPSA) is 74.5 Å². The van der Waals surface area contributed by atoms with Crippen molar-refractivity contribution in [2.24, 2.45) is 0 Å². The lowest BCUT2D eigenvalue weighted by atomic mass is 10.2. The van der Waals surface area contributed by atoms with Crippen molar-refractivity contribution in [3.63, 3.8) is 0 Å². The number of carbonyl (C=O) groups excluding carboxylic acids is 1. The molecule has 7 nitrogen and oxygen atoms in total. The highest BCUT2D eigenvalue weighted by atomic mass is 35.5. The Balaban J connectivity index is 1.47. The Kier molecular flexibility index (Phi) is 6.23. The van der Waals surface area contributed by atoms with Gasteiger partial charge in [0.1, 0.15) is 0 Å². The Labute approximate surface area is 157 Å². The maximum absolute atomic E-state index is 11.7. The lowest BCUT2D eigenvalue weighted by molar-refractivity contribution is -0.122. The van der Waals surface area contributed by atoms with Crippen LogP contribution in [0.3, 0.4) is 0 Å². The van der Waals surface area contributed by atoms with Crippen LogP contribution in [0.4, 0.5) is 0 Å². The summed E-state index contributed by atoms with van der Waals surface area (Å²) in [7, 11) is 0. The summed E-state index contributed by atoms with van der Waals surface area (Å²) < 4.78 is 5.36. The highest BCUT2D eigenvalue weighted by Gasteiger charge is 2.20. The van der Waals surface area contributed by atoms with E-state index in [0.717, 1.165) is 31.7 Å². The molecular formula is C18H20ClN5O2. The number of rotatable bonds is 6. The van der Waals surface area contributed by atoms with E-state index in [9.17, 15) is 4.79 Å². The van der Waals surface area contributed by atoms with Crippen molar-refractivity contribution in [3.05, 3.63) is 35.2 Å². The molecule has 0 saturated carbocycles. The molecule has 8 heteroatoms. The number of carbonyl (C=O) groups is 1. The van der Waals surface area contributed by atoms with E-state index in [1.807, 2.05) is 12.1 Å². The fourth-order valence-corrected chi connectivity index (χ4v) is 2.87. The summed E-state index contributed by atoms with van der Waals surface area (Å²) in [5, 5.41) is 7.38. The van der Waals surface area contributed by atoms with Crippen LogP contribution in [0.15, 0.2) is 28.8 Å². The Morgan fingerprint density at radius 2 is 1.92 bits per heavy atom. The number of halogens is 1. The molecule has 1 aliphatic heterocycles. The van der Waals surface area contributed by atoms with Gasteiger partial charge in [-0.25, -0.2) is 0 Å². The molecule has 0 atom stereocenters. The third kappa shape index (κ3) is 5.05. The number of hydrogen-bond acceptors (Lipinski definition) is 6. The fraction of sp³-hybridized carbons (Fsp3) is 0.389. The van der Waals surface area contributed by atoms with Crippen LogP contribution < -0.4 is 5.32 Å². The molecule has 1 aromatic carbocycles. The maximum atomic E-state index is 11.7. The second kappa shape index (κ2) is 8.81. The van der Waals surface area contributed by atoms with Gasteiger partial charge in [0, 0.05) is 36.8 Å². The molecule has 26 heavy (non-hydrogen) atoms. The van der Waals surface area contributed by atoms with Crippen LogP contribution in [0.5, 0.6) is 0 Å². The molecule has 2 aromatic rings. The van der Waals surface area contributed by atoms with Crippen LogP contribution in [0.25, 0.3) is 11.4 Å². The van der Waals surface area contributed by atoms with Gasteiger partial charge >= 0.3 is 0 Å². The molecule has 1 aliphatic rings. The van der Waals surface area contributed by atoms with Crippen molar-refractivity contribution in [2.75, 3.05) is 39.3 Å². The summed E-state index contributed by atoms with van der Waals surface area (Å²) in [6.07, 6.45) is 5.14. The number of piperazine rings is 1. The SMILES string of the molecule is C#CCNC(=O)CN1CCN(Cc2nc(-c3ccc(Cl)cc3)no2)CC1. The molecule has 2 heterocycles. The zero-order valence-corrected chi connectivity index (χ0v) is 15.1. The first-order valence-corrected chi connectivity index (χ1v) is 8.75. The van der Waals surface area contributed by atoms with E-state index in [4.69, 9.17) is 22.5 Å². The molecule has 0 unspecified atom stereocenters. The normalized spacial score (nSPS) is 15.5. The van der Waals surface area contributed by atoms with Crippen molar-refractivity contribution >= 4 is 17.5 Å². The summed E-state index contributed by atoms with van der Waals surface area (Å²) in [6, 6.07) is 7.32. The average molecular weight is 374 g/mol. The minimum absolute atomic E-state index is 0.0408. The van der Waals surface area contributed by atoms with Crippen LogP contribution in [0, 0.1) is 12.3 Å². The minimum atomic E-state index is -0.0408. The van der Waals surface area contributed by atoms with Crippen molar-refractivity contribution in [1.29, 1.82) is 0 Å². The smallest absolute Gasteiger partial charge is 0.241 e. The van der Waals surface area contributed by atoms with Gasteiger partial charge in [0.15, 0.2) is 0 Å². The number of benzene rings is 1. The summed E-state index contributed by atoms with van der Waals surface area (Å²) in [5.74, 6) is 3.49. The number of nitrogens with zero attached hydrogens (tertiary/aromatic N) is 4. The number of aromatic nitrogens is 2. The van der Waals surface area contributed by atoms with E-state index in [-0.39, 0.29) is 12.5 Å². The van der Waals surface area contributed by atoms with Gasteiger partial charge in [-0.2, -0.15) is 4.98 Å². The third-order valence-corrected chi connectivity index (χ3v) is 4.40. The van der Waals surface area contributed by atoms with E-state index >= 15 is 0 Å². The second-order valence-electron chi connectivity index (χ2n) is 6.05. The van der Waals surface area contributed by atoms with E-state index < -0.39 is 0 Å². The summed E-state index contributed by atoms with van der Waals surface area (Å²) in [4.78, 5) is 20.5. The molecule has 0 aliphatic carbocycles. The van der Waals surface area contributed by atoms with Gasteiger partial charge in [-0.3, -0.25) is 14.6 Å². The monoisotopic (exact) mass is 373 g/mol. The number of nitrogens with one attached hydrogen (secondary N) is 1. The zero-order chi connectivity index (χ0) is 18.4. The average Bonchev–Trinajstić information content (AvgIpc) is 3.11. The van der Waals surface area contributed by atoms with Crippen LogP contribution in [-0.4, -0.2) is 65.1 Å². The lowest BCUT2D eigenvalue weighted by Crippen LogP contribution is -2.49. The van der Waals surface area contributed by atoms with Gasteiger partial charge < -0.3 is 9.84 Å². The Morgan fingerprint density at radius 3 is 2.62 bits per heavy atom. The van der Waals surface area contributed by atoms with Crippen LogP contribution in [0.2, 0.25) is 5.02 Å². The highest BCUT2D eigenvalue weighted by Crippen LogP contribution is 2.19. The standard InChI is InChI=1S/C18H20ClN5O2/c1-2-7-20-16(25)12-23-8-10-24(11-9-23)13-17-21-18(22-26-17)14-3-5-15(19)6-4-14/h1,3-6H,7-13H2,(H,20,25).